The molecule has 0 spiro atoms. The molecule has 2 aromatic rings. The van der Waals surface area contributed by atoms with Crippen molar-refractivity contribution in [2.24, 2.45) is 0 Å². The third-order valence-corrected chi connectivity index (χ3v) is 5.49. The summed E-state index contributed by atoms with van der Waals surface area (Å²) < 4.78 is 39.5. The van der Waals surface area contributed by atoms with Gasteiger partial charge in [-0.2, -0.15) is 4.31 Å². The Hall–Kier alpha value is -2.58. The van der Waals surface area contributed by atoms with E-state index >= 15 is 0 Å². The number of nitrogens with zero attached hydrogens (tertiary/aromatic N) is 1. The van der Waals surface area contributed by atoms with E-state index in [1.165, 1.54) is 43.4 Å². The third kappa shape index (κ3) is 2.81. The molecule has 0 radical (unpaired) electrons. The number of rotatable bonds is 4. The molecule has 0 bridgehead atoms. The van der Waals surface area contributed by atoms with Crippen molar-refractivity contribution >= 4 is 27.4 Å². The average Bonchev–Trinajstić information content (AvgIpc) is 2.81. The molecule has 0 saturated carbocycles. The minimum Gasteiger partial charge on any atom is -0.318 e. The quantitative estimate of drug-likeness (QED) is 0.854. The molecule has 8 heteroatoms. The molecular weight excluding hydrogens is 335 g/mol. The maximum atomic E-state index is 13.2. The van der Waals surface area contributed by atoms with Crippen LogP contribution in [0.3, 0.4) is 0 Å². The Morgan fingerprint density at radius 2 is 1.88 bits per heavy atom. The molecule has 24 heavy (non-hydrogen) atoms. The van der Waals surface area contributed by atoms with E-state index in [4.69, 9.17) is 0 Å². The van der Waals surface area contributed by atoms with Gasteiger partial charge >= 0.3 is 0 Å². The Morgan fingerprint density at radius 1 is 1.12 bits per heavy atom. The van der Waals surface area contributed by atoms with Crippen molar-refractivity contribution in [3.8, 4) is 0 Å². The average molecular weight is 348 g/mol. The normalized spacial score (nSPS) is 14.0. The van der Waals surface area contributed by atoms with E-state index in [0.717, 1.165) is 4.31 Å². The van der Waals surface area contributed by atoms with Crippen molar-refractivity contribution in [3.63, 3.8) is 0 Å². The first-order valence-electron chi connectivity index (χ1n) is 6.99. The van der Waals surface area contributed by atoms with E-state index < -0.39 is 27.5 Å². The van der Waals surface area contributed by atoms with Gasteiger partial charge in [-0.1, -0.05) is 12.1 Å². The van der Waals surface area contributed by atoms with Crippen LogP contribution in [0, 0.1) is 5.82 Å². The summed E-state index contributed by atoms with van der Waals surface area (Å²) in [4.78, 5) is 22.9. The number of carbonyl (C=O) groups is 2. The number of amides is 1. The van der Waals surface area contributed by atoms with Gasteiger partial charge in [-0.15, -0.1) is 0 Å². The van der Waals surface area contributed by atoms with E-state index in [2.05, 4.69) is 5.32 Å². The SMILES string of the molecule is CN(Cc1cccc(F)c1)S(=O)(=O)c1ccc2c(c1)C(=O)C(=O)N2. The van der Waals surface area contributed by atoms with Crippen LogP contribution in [-0.2, 0) is 21.4 Å². The fourth-order valence-corrected chi connectivity index (χ4v) is 3.63. The molecule has 1 aliphatic heterocycles. The molecule has 1 N–H and O–H groups in total. The van der Waals surface area contributed by atoms with Crippen molar-refractivity contribution in [2.75, 3.05) is 12.4 Å². The number of benzene rings is 2. The second-order valence-electron chi connectivity index (χ2n) is 5.38. The number of fused-ring (bicyclic) bond motifs is 1. The lowest BCUT2D eigenvalue weighted by atomic mass is 10.1. The van der Waals surface area contributed by atoms with E-state index in [9.17, 15) is 22.4 Å². The highest BCUT2D eigenvalue weighted by molar-refractivity contribution is 7.89. The van der Waals surface area contributed by atoms with Crippen LogP contribution in [0.2, 0.25) is 0 Å². The summed E-state index contributed by atoms with van der Waals surface area (Å²) in [5, 5.41) is 2.36. The maximum Gasteiger partial charge on any atom is 0.296 e. The molecule has 0 aliphatic carbocycles. The van der Waals surface area contributed by atoms with Gasteiger partial charge < -0.3 is 5.32 Å². The Kier molecular flexibility index (Phi) is 3.94. The van der Waals surface area contributed by atoms with E-state index in [1.54, 1.807) is 6.07 Å². The van der Waals surface area contributed by atoms with E-state index in [-0.39, 0.29) is 22.7 Å². The molecule has 0 atom stereocenters. The number of hydrogen-bond acceptors (Lipinski definition) is 4. The lowest BCUT2D eigenvalue weighted by Gasteiger charge is -2.17. The Bertz CT molecular complexity index is 956. The van der Waals surface area contributed by atoms with Crippen LogP contribution in [0.4, 0.5) is 10.1 Å². The molecule has 3 rings (SSSR count). The summed E-state index contributed by atoms with van der Waals surface area (Å²) in [7, 11) is -2.53. The summed E-state index contributed by atoms with van der Waals surface area (Å²) in [6.45, 7) is -0.0255. The molecule has 1 heterocycles. The van der Waals surface area contributed by atoms with Gasteiger partial charge in [-0.25, -0.2) is 12.8 Å². The number of ketones is 1. The van der Waals surface area contributed by atoms with Crippen LogP contribution >= 0.6 is 0 Å². The van der Waals surface area contributed by atoms with E-state index in [0.29, 0.717) is 5.56 Å². The summed E-state index contributed by atoms with van der Waals surface area (Å²) in [6.07, 6.45) is 0. The Balaban J connectivity index is 1.91. The molecule has 0 saturated heterocycles. The van der Waals surface area contributed by atoms with Crippen LogP contribution in [0.1, 0.15) is 15.9 Å². The molecule has 1 aliphatic rings. The third-order valence-electron chi connectivity index (χ3n) is 3.69. The van der Waals surface area contributed by atoms with E-state index in [1.807, 2.05) is 0 Å². The predicted molar refractivity (Wildman–Crippen MR) is 84.5 cm³/mol. The highest BCUT2D eigenvalue weighted by Gasteiger charge is 2.30. The van der Waals surface area contributed by atoms with Crippen molar-refractivity contribution < 1.29 is 22.4 Å². The number of sulfonamides is 1. The highest BCUT2D eigenvalue weighted by Crippen LogP contribution is 2.27. The Labute approximate surface area is 138 Å². The molecule has 2 aromatic carbocycles. The molecule has 0 aromatic heterocycles. The van der Waals surface area contributed by atoms with Crippen LogP contribution in [-0.4, -0.2) is 31.5 Å². The summed E-state index contributed by atoms with van der Waals surface area (Å²) in [6, 6.07) is 9.50. The molecular formula is C16H13FN2O4S. The molecule has 0 unspecified atom stereocenters. The van der Waals surface area contributed by atoms with Crippen LogP contribution < -0.4 is 5.32 Å². The fourth-order valence-electron chi connectivity index (χ4n) is 2.44. The lowest BCUT2D eigenvalue weighted by molar-refractivity contribution is -0.112. The minimum atomic E-state index is -3.89. The summed E-state index contributed by atoms with van der Waals surface area (Å²) >= 11 is 0. The number of Topliss-reactive ketones (excluding diaryl/α,β-unsaturated/α-hetero) is 1. The molecule has 124 valence electrons. The minimum absolute atomic E-state index is 0.0255. The van der Waals surface area contributed by atoms with Crippen LogP contribution in [0.15, 0.2) is 47.4 Å². The fraction of sp³-hybridized carbons (Fsp3) is 0.125. The first kappa shape index (κ1) is 16.3. The summed E-state index contributed by atoms with van der Waals surface area (Å²) in [5.41, 5.74) is 0.812. The molecule has 0 fully saturated rings. The summed E-state index contributed by atoms with van der Waals surface area (Å²) in [5.74, 6) is -2.01. The van der Waals surface area contributed by atoms with Gasteiger partial charge in [0.1, 0.15) is 5.82 Å². The van der Waals surface area contributed by atoms with Crippen LogP contribution in [0.5, 0.6) is 0 Å². The number of anilines is 1. The predicted octanol–water partition coefficient (Wildman–Crippen LogP) is 1.78. The number of hydrogen-bond donors (Lipinski definition) is 1. The Morgan fingerprint density at radius 3 is 2.58 bits per heavy atom. The highest BCUT2D eigenvalue weighted by atomic mass is 32.2. The maximum absolute atomic E-state index is 13.2. The zero-order chi connectivity index (χ0) is 17.5. The molecule has 6 nitrogen and oxygen atoms in total. The monoisotopic (exact) mass is 348 g/mol. The zero-order valence-corrected chi connectivity index (χ0v) is 13.4. The van der Waals surface area contributed by atoms with Crippen LogP contribution in [0.25, 0.3) is 0 Å². The first-order valence-corrected chi connectivity index (χ1v) is 8.43. The number of nitrogens with one attached hydrogen (secondary N) is 1. The lowest BCUT2D eigenvalue weighted by Crippen LogP contribution is -2.26. The van der Waals surface area contributed by atoms with Crippen molar-refractivity contribution in [3.05, 3.63) is 59.4 Å². The van der Waals surface area contributed by atoms with Gasteiger partial charge in [0.2, 0.25) is 10.0 Å². The van der Waals surface area contributed by atoms with Gasteiger partial charge in [-0.05, 0) is 35.9 Å². The van der Waals surface area contributed by atoms with Gasteiger partial charge in [-0.3, -0.25) is 9.59 Å². The van der Waals surface area contributed by atoms with Gasteiger partial charge in [0.05, 0.1) is 16.1 Å². The van der Waals surface area contributed by atoms with Crippen molar-refractivity contribution in [1.82, 2.24) is 4.31 Å². The number of carbonyl (C=O) groups excluding carboxylic acids is 2. The standard InChI is InChI=1S/C16H13FN2O4S/c1-19(9-10-3-2-4-11(17)7-10)24(22,23)12-5-6-14-13(8-12)15(20)16(21)18-14/h2-8H,9H2,1H3,(H,18,20,21). The number of halogens is 1. The first-order chi connectivity index (χ1) is 11.3. The van der Waals surface area contributed by atoms with Gasteiger partial charge in [0.15, 0.2) is 0 Å². The smallest absolute Gasteiger partial charge is 0.296 e. The molecule has 1 amide bonds. The topological polar surface area (TPSA) is 83.6 Å². The second-order valence-corrected chi connectivity index (χ2v) is 7.43. The van der Waals surface area contributed by atoms with Crippen molar-refractivity contribution in [1.29, 1.82) is 0 Å². The van der Waals surface area contributed by atoms with Gasteiger partial charge in [0, 0.05) is 13.6 Å². The van der Waals surface area contributed by atoms with Gasteiger partial charge in [0.25, 0.3) is 11.7 Å². The van der Waals surface area contributed by atoms with Crippen molar-refractivity contribution in [2.45, 2.75) is 11.4 Å². The zero-order valence-electron chi connectivity index (χ0n) is 12.6. The second kappa shape index (κ2) is 5.81. The largest absolute Gasteiger partial charge is 0.318 e.